The minimum atomic E-state index is -3.95. The van der Waals surface area contributed by atoms with Crippen LogP contribution in [-0.2, 0) is 15.4 Å². The number of benzene rings is 2. The van der Waals surface area contributed by atoms with Gasteiger partial charge < -0.3 is 4.74 Å². The molecule has 7 nitrogen and oxygen atoms in total. The number of hydrogen-bond donors (Lipinski definition) is 2. The number of nitrogens with two attached hydrogens (primary N) is 1. The van der Waals surface area contributed by atoms with Crippen LogP contribution in [0.2, 0.25) is 0 Å². The highest BCUT2D eigenvalue weighted by Gasteiger charge is 2.19. The molecule has 0 saturated carbocycles. The third kappa shape index (κ3) is 4.86. The molecule has 0 aliphatic carbocycles. The maximum absolute atomic E-state index is 12.7. The van der Waals surface area contributed by atoms with Crippen LogP contribution >= 0.6 is 11.3 Å². The van der Waals surface area contributed by atoms with E-state index in [0.29, 0.717) is 5.13 Å². The summed E-state index contributed by atoms with van der Waals surface area (Å²) in [6.07, 6.45) is 0. The number of rotatable bonds is 5. The van der Waals surface area contributed by atoms with Gasteiger partial charge in [0, 0.05) is 10.9 Å². The highest BCUT2D eigenvalue weighted by molar-refractivity contribution is 7.89. The number of sulfonamides is 1. The molecular weight excluding hydrogens is 422 g/mol. The normalized spacial score (nSPS) is 11.9. The van der Waals surface area contributed by atoms with E-state index in [1.807, 2.05) is 17.5 Å². The van der Waals surface area contributed by atoms with Gasteiger partial charge in [0.25, 0.3) is 5.91 Å². The molecule has 0 aliphatic heterocycles. The monoisotopic (exact) mass is 445 g/mol. The molecule has 158 valence electrons. The molecule has 3 aromatic rings. The number of hydrogen-bond acceptors (Lipinski definition) is 6. The molecule has 3 rings (SSSR count). The topological polar surface area (TPSA) is 111 Å². The number of carbonyl (C=O) groups is 1. The predicted octanol–water partition coefficient (Wildman–Crippen LogP) is 4.02. The quantitative estimate of drug-likeness (QED) is 0.616. The Morgan fingerprint density at radius 1 is 1.13 bits per heavy atom. The predicted molar refractivity (Wildman–Crippen MR) is 119 cm³/mol. The zero-order valence-electron chi connectivity index (χ0n) is 17.1. The van der Waals surface area contributed by atoms with Gasteiger partial charge >= 0.3 is 0 Å². The first-order valence-electron chi connectivity index (χ1n) is 9.07. The van der Waals surface area contributed by atoms with Crippen molar-refractivity contribution in [2.45, 2.75) is 31.1 Å². The van der Waals surface area contributed by atoms with Gasteiger partial charge in [0.1, 0.15) is 5.75 Å². The van der Waals surface area contributed by atoms with Crippen molar-refractivity contribution in [3.8, 4) is 17.0 Å². The Kier molecular flexibility index (Phi) is 5.98. The van der Waals surface area contributed by atoms with Crippen molar-refractivity contribution in [1.82, 2.24) is 4.98 Å². The van der Waals surface area contributed by atoms with Crippen molar-refractivity contribution in [3.05, 3.63) is 59.0 Å². The van der Waals surface area contributed by atoms with Crippen LogP contribution in [0.4, 0.5) is 5.13 Å². The van der Waals surface area contributed by atoms with Gasteiger partial charge in [0.15, 0.2) is 5.13 Å². The largest absolute Gasteiger partial charge is 0.496 e. The number of primary sulfonamides is 1. The average molecular weight is 446 g/mol. The first-order valence-corrected chi connectivity index (χ1v) is 11.5. The van der Waals surface area contributed by atoms with Gasteiger partial charge in [-0.3, -0.25) is 10.1 Å². The summed E-state index contributed by atoms with van der Waals surface area (Å²) in [5, 5.41) is 10.1. The number of amides is 1. The van der Waals surface area contributed by atoms with Crippen molar-refractivity contribution < 1.29 is 17.9 Å². The standard InChI is InChI=1S/C21H23N3O4S2/c1-21(2,3)14-7-5-13(6-8-14)17-12-29-20(23-17)24-19(25)16-11-15(30(22,26)27)9-10-18(16)28-4/h5-12H,1-4H3,(H2,22,26,27)(H,23,24,25). The SMILES string of the molecule is COc1ccc(S(N)(=O)=O)cc1C(=O)Nc1nc(-c2ccc(C(C)(C)C)cc2)cs1. The lowest BCUT2D eigenvalue weighted by molar-refractivity contribution is 0.102. The fraction of sp³-hybridized carbons (Fsp3) is 0.238. The smallest absolute Gasteiger partial charge is 0.261 e. The maximum atomic E-state index is 12.7. The third-order valence-corrected chi connectivity index (χ3v) is 6.18. The third-order valence-electron chi connectivity index (χ3n) is 4.52. The number of nitrogens with zero attached hydrogens (tertiary/aromatic N) is 1. The van der Waals surface area contributed by atoms with E-state index in [4.69, 9.17) is 9.88 Å². The van der Waals surface area contributed by atoms with Crippen molar-refractivity contribution >= 4 is 32.4 Å². The van der Waals surface area contributed by atoms with Crippen molar-refractivity contribution in [1.29, 1.82) is 0 Å². The summed E-state index contributed by atoms with van der Waals surface area (Å²) in [5.41, 5.74) is 3.01. The van der Waals surface area contributed by atoms with Gasteiger partial charge in [0.2, 0.25) is 10.0 Å². The van der Waals surface area contributed by atoms with Gasteiger partial charge in [-0.15, -0.1) is 11.3 Å². The number of anilines is 1. The van der Waals surface area contributed by atoms with E-state index in [1.165, 1.54) is 42.2 Å². The Morgan fingerprint density at radius 2 is 1.80 bits per heavy atom. The molecule has 3 N–H and O–H groups in total. The maximum Gasteiger partial charge on any atom is 0.261 e. The van der Waals surface area contributed by atoms with Crippen molar-refractivity contribution in [3.63, 3.8) is 0 Å². The molecule has 0 aliphatic rings. The number of aromatic nitrogens is 1. The van der Waals surface area contributed by atoms with Gasteiger partial charge in [0.05, 0.1) is 23.3 Å². The second-order valence-electron chi connectivity index (χ2n) is 7.73. The number of thiazole rings is 1. The number of nitrogens with one attached hydrogen (secondary N) is 1. The molecular formula is C21H23N3O4S2. The molecule has 0 spiro atoms. The molecule has 1 heterocycles. The highest BCUT2D eigenvalue weighted by Crippen LogP contribution is 2.29. The molecule has 0 saturated heterocycles. The first-order chi connectivity index (χ1) is 14.0. The molecule has 0 unspecified atom stereocenters. The summed E-state index contributed by atoms with van der Waals surface area (Å²) < 4.78 is 28.4. The fourth-order valence-corrected chi connectivity index (χ4v) is 4.07. The van der Waals surface area contributed by atoms with E-state index in [0.717, 1.165) is 11.3 Å². The van der Waals surface area contributed by atoms with Gasteiger partial charge in [-0.1, -0.05) is 45.0 Å². The van der Waals surface area contributed by atoms with Crippen molar-refractivity contribution in [2.24, 2.45) is 5.14 Å². The zero-order chi connectivity index (χ0) is 22.1. The average Bonchev–Trinajstić information content (AvgIpc) is 3.14. The summed E-state index contributed by atoms with van der Waals surface area (Å²) in [6, 6.07) is 12.0. The van der Waals surface area contributed by atoms with Gasteiger partial charge in [-0.05, 0) is 29.2 Å². The number of ether oxygens (including phenoxy) is 1. The van der Waals surface area contributed by atoms with Gasteiger partial charge in [-0.25, -0.2) is 18.5 Å². The Hall–Kier alpha value is -2.75. The summed E-state index contributed by atoms with van der Waals surface area (Å²) in [4.78, 5) is 17.0. The van der Waals surface area contributed by atoms with E-state index in [9.17, 15) is 13.2 Å². The first kappa shape index (κ1) is 21.9. The second-order valence-corrected chi connectivity index (χ2v) is 10.1. The Morgan fingerprint density at radius 3 is 2.37 bits per heavy atom. The molecule has 1 aromatic heterocycles. The lowest BCUT2D eigenvalue weighted by Gasteiger charge is -2.18. The van der Waals surface area contributed by atoms with E-state index >= 15 is 0 Å². The molecule has 0 atom stereocenters. The molecule has 2 aromatic carbocycles. The van der Waals surface area contributed by atoms with Crippen LogP contribution in [0.25, 0.3) is 11.3 Å². The lowest BCUT2D eigenvalue weighted by Crippen LogP contribution is -2.16. The van der Waals surface area contributed by atoms with E-state index < -0.39 is 15.9 Å². The summed E-state index contributed by atoms with van der Waals surface area (Å²) >= 11 is 1.27. The van der Waals surface area contributed by atoms with Crippen LogP contribution in [0.1, 0.15) is 36.7 Å². The van der Waals surface area contributed by atoms with E-state index in [-0.39, 0.29) is 21.6 Å². The van der Waals surface area contributed by atoms with E-state index in [1.54, 1.807) is 0 Å². The summed E-state index contributed by atoms with van der Waals surface area (Å²) in [7, 11) is -2.56. The van der Waals surface area contributed by atoms with Crippen LogP contribution in [0, 0.1) is 0 Å². The zero-order valence-corrected chi connectivity index (χ0v) is 18.7. The summed E-state index contributed by atoms with van der Waals surface area (Å²) in [5.74, 6) is -0.309. The molecule has 0 bridgehead atoms. The second kappa shape index (κ2) is 8.17. The van der Waals surface area contributed by atoms with Crippen LogP contribution in [0.3, 0.4) is 0 Å². The summed E-state index contributed by atoms with van der Waals surface area (Å²) in [6.45, 7) is 6.45. The Labute approximate surface area is 180 Å². The van der Waals surface area contributed by atoms with E-state index in [2.05, 4.69) is 43.2 Å². The number of carbonyl (C=O) groups excluding carboxylic acids is 1. The van der Waals surface area contributed by atoms with Crippen LogP contribution < -0.4 is 15.2 Å². The Bertz CT molecular complexity index is 1180. The molecule has 1 amide bonds. The molecule has 30 heavy (non-hydrogen) atoms. The van der Waals surface area contributed by atoms with Crippen LogP contribution in [-0.4, -0.2) is 26.4 Å². The minimum Gasteiger partial charge on any atom is -0.496 e. The highest BCUT2D eigenvalue weighted by atomic mass is 32.2. The fourth-order valence-electron chi connectivity index (χ4n) is 2.81. The molecule has 0 radical (unpaired) electrons. The van der Waals surface area contributed by atoms with Crippen LogP contribution in [0.15, 0.2) is 52.7 Å². The molecule has 0 fully saturated rings. The van der Waals surface area contributed by atoms with Gasteiger partial charge in [-0.2, -0.15) is 0 Å². The lowest BCUT2D eigenvalue weighted by atomic mass is 9.86. The minimum absolute atomic E-state index is 0.0512. The van der Waals surface area contributed by atoms with Crippen LogP contribution in [0.5, 0.6) is 5.75 Å². The number of methoxy groups -OCH3 is 1. The molecule has 9 heteroatoms. The Balaban J connectivity index is 1.83. The van der Waals surface area contributed by atoms with Crippen molar-refractivity contribution in [2.75, 3.05) is 12.4 Å².